The predicted octanol–water partition coefficient (Wildman–Crippen LogP) is 15.6. The third-order valence-electron chi connectivity index (χ3n) is 12.4. The van der Waals surface area contributed by atoms with Crippen molar-refractivity contribution in [1.29, 1.82) is 0 Å². The summed E-state index contributed by atoms with van der Waals surface area (Å²) < 4.78 is 0. The minimum Gasteiger partial charge on any atom is -0.315 e. The molecule has 8 rings (SSSR count). The minimum absolute atomic E-state index is 0.0351. The van der Waals surface area contributed by atoms with Crippen LogP contribution in [0.1, 0.15) is 59.1 Å². The van der Waals surface area contributed by atoms with Crippen LogP contribution >= 0.6 is 7.55 Å². The van der Waals surface area contributed by atoms with E-state index in [1.54, 1.807) is 10.6 Å². The Morgan fingerprint density at radius 3 is 1.74 bits per heavy atom. The van der Waals surface area contributed by atoms with E-state index < -0.39 is 7.55 Å². The molecule has 1 unspecified atom stereocenters. The third-order valence-corrected chi connectivity index (χ3v) is 15.6. The van der Waals surface area contributed by atoms with Gasteiger partial charge in [0.05, 0.1) is 0 Å². The van der Waals surface area contributed by atoms with Crippen molar-refractivity contribution in [3.8, 4) is 22.3 Å². The van der Waals surface area contributed by atoms with Crippen molar-refractivity contribution in [2.45, 2.75) is 53.4 Å². The summed E-state index contributed by atoms with van der Waals surface area (Å²) in [6.45, 7) is 20.5. The fourth-order valence-electron chi connectivity index (χ4n) is 9.44. The number of hydrogen-bond donors (Lipinski definition) is 0. The van der Waals surface area contributed by atoms with Crippen LogP contribution in [0.3, 0.4) is 0 Å². The molecule has 2 aliphatic rings. The van der Waals surface area contributed by atoms with Gasteiger partial charge in [-0.1, -0.05) is 158 Å². The lowest BCUT2D eigenvalue weighted by molar-refractivity contribution is 0.654. The van der Waals surface area contributed by atoms with Gasteiger partial charge in [0.25, 0.3) is 0 Å². The zero-order valence-electron chi connectivity index (χ0n) is 35.1. The molecule has 6 aromatic carbocycles. The summed E-state index contributed by atoms with van der Waals surface area (Å²) in [4.78, 5) is 4.78. The van der Waals surface area contributed by atoms with E-state index in [9.17, 15) is 0 Å². The molecule has 3 heteroatoms. The van der Waals surface area contributed by atoms with Gasteiger partial charge < -0.3 is 9.80 Å². The molecule has 0 saturated heterocycles. The smallest absolute Gasteiger partial charge is 0.0465 e. The Morgan fingerprint density at radius 2 is 1.12 bits per heavy atom. The van der Waals surface area contributed by atoms with Crippen molar-refractivity contribution in [2.75, 3.05) is 16.5 Å². The van der Waals surface area contributed by atoms with E-state index in [4.69, 9.17) is 0 Å². The van der Waals surface area contributed by atoms with Crippen LogP contribution < -0.4 is 9.80 Å². The molecule has 1 atom stereocenters. The molecule has 0 saturated carbocycles. The molecule has 0 bridgehead atoms. The van der Waals surface area contributed by atoms with Gasteiger partial charge in [0, 0.05) is 45.0 Å². The normalized spacial score (nSPS) is 16.7. The molecule has 2 nitrogen and oxygen atoms in total. The van der Waals surface area contributed by atoms with E-state index in [0.29, 0.717) is 0 Å². The molecular formula is C55H55N2P. The number of rotatable bonds is 11. The summed E-state index contributed by atoms with van der Waals surface area (Å²) >= 11 is 0. The molecule has 0 amide bonds. The van der Waals surface area contributed by atoms with Crippen LogP contribution in [0.2, 0.25) is 0 Å². The van der Waals surface area contributed by atoms with E-state index in [-0.39, 0.29) is 10.8 Å². The van der Waals surface area contributed by atoms with Crippen molar-refractivity contribution in [3.05, 3.63) is 210 Å². The molecule has 0 N–H and O–H groups in total. The maximum absolute atomic E-state index is 3.95. The van der Waals surface area contributed by atoms with Gasteiger partial charge in [0.15, 0.2) is 0 Å². The first kappa shape index (κ1) is 39.0. The first-order valence-corrected chi connectivity index (χ1v) is 22.6. The van der Waals surface area contributed by atoms with Gasteiger partial charge in [0.1, 0.15) is 0 Å². The van der Waals surface area contributed by atoms with Crippen LogP contribution in [-0.2, 0) is 5.41 Å². The maximum Gasteiger partial charge on any atom is 0.0465 e. The molecule has 1 aliphatic heterocycles. The monoisotopic (exact) mass is 774 g/mol. The summed E-state index contributed by atoms with van der Waals surface area (Å²) in [5.74, 6) is 0. The topological polar surface area (TPSA) is 6.48 Å². The minimum atomic E-state index is -0.808. The second-order valence-electron chi connectivity index (χ2n) is 16.6. The van der Waals surface area contributed by atoms with Gasteiger partial charge in [-0.15, -0.1) is 0 Å². The molecule has 6 aromatic rings. The van der Waals surface area contributed by atoms with Gasteiger partial charge in [-0.3, -0.25) is 0 Å². The number of hydrogen-bond acceptors (Lipinski definition) is 2. The molecule has 290 valence electrons. The van der Waals surface area contributed by atoms with Crippen molar-refractivity contribution >= 4 is 41.3 Å². The average Bonchev–Trinajstić information content (AvgIpc) is 3.58. The van der Waals surface area contributed by atoms with Crippen LogP contribution in [-0.4, -0.2) is 12.0 Å². The zero-order chi connectivity index (χ0) is 40.6. The summed E-state index contributed by atoms with van der Waals surface area (Å²) in [5, 5.41) is 3.16. The summed E-state index contributed by atoms with van der Waals surface area (Å²) in [7, 11) is -0.808. The number of allylic oxidation sites excluding steroid dienone is 7. The van der Waals surface area contributed by atoms with Crippen LogP contribution in [0.4, 0.5) is 28.4 Å². The second-order valence-corrected chi connectivity index (χ2v) is 19.0. The highest BCUT2D eigenvalue weighted by molar-refractivity contribution is 7.63. The third kappa shape index (κ3) is 6.95. The molecule has 0 spiro atoms. The lowest BCUT2D eigenvalue weighted by atomic mass is 9.80. The van der Waals surface area contributed by atoms with Crippen LogP contribution in [0.5, 0.6) is 0 Å². The number of nitrogens with zero attached hydrogens (tertiary/aromatic N) is 2. The van der Waals surface area contributed by atoms with Crippen LogP contribution in [0, 0.1) is 5.41 Å². The zero-order valence-corrected chi connectivity index (χ0v) is 36.1. The summed E-state index contributed by atoms with van der Waals surface area (Å²) in [5.41, 5.74) is 16.1. The Balaban J connectivity index is 1.11. The highest BCUT2D eigenvalue weighted by atomic mass is 31.1. The average molecular weight is 775 g/mol. The van der Waals surface area contributed by atoms with Crippen molar-refractivity contribution < 1.29 is 0 Å². The predicted molar refractivity (Wildman–Crippen MR) is 256 cm³/mol. The van der Waals surface area contributed by atoms with Crippen LogP contribution in [0.25, 0.3) is 22.3 Å². The highest BCUT2D eigenvalue weighted by Crippen LogP contribution is 2.54. The van der Waals surface area contributed by atoms with Gasteiger partial charge >= 0.3 is 0 Å². The van der Waals surface area contributed by atoms with Crippen molar-refractivity contribution in [2.24, 2.45) is 5.41 Å². The van der Waals surface area contributed by atoms with Crippen LogP contribution in [0.15, 0.2) is 199 Å². The molecule has 1 aliphatic carbocycles. The fourth-order valence-corrected chi connectivity index (χ4v) is 12.5. The van der Waals surface area contributed by atoms with Gasteiger partial charge in [0.2, 0.25) is 0 Å². The Bertz CT molecular complexity index is 2600. The Kier molecular flexibility index (Phi) is 10.7. The maximum atomic E-state index is 3.95. The quantitative estimate of drug-likeness (QED) is 0.0955. The fraction of sp³-hybridized carbons (Fsp3) is 0.182. The largest absolute Gasteiger partial charge is 0.315 e. The summed E-state index contributed by atoms with van der Waals surface area (Å²) in [6, 6.07) is 55.4. The Labute approximate surface area is 347 Å². The van der Waals surface area contributed by atoms with E-state index in [1.165, 1.54) is 44.7 Å². The molecule has 0 fully saturated rings. The molecule has 58 heavy (non-hydrogen) atoms. The van der Waals surface area contributed by atoms with Gasteiger partial charge in [-0.05, 0) is 136 Å². The van der Waals surface area contributed by atoms with Crippen molar-refractivity contribution in [1.82, 2.24) is 0 Å². The number of benzene rings is 6. The number of anilines is 5. The number of fused-ring (bicyclic) bond motifs is 3. The van der Waals surface area contributed by atoms with E-state index >= 15 is 0 Å². The Morgan fingerprint density at radius 1 is 0.603 bits per heavy atom. The standard InChI is InChI=1S/C55H55N2P/c1-9-11-26-53-55(6,7)51(52(10-2)58(53)8)37-39(3)56(42-20-14-12-15-21-42)44-31-27-40(28-32-44)41-29-33-45(34-30-41)57(43-22-16-13-17-23-43)46-35-36-48-47-24-18-19-25-49(47)54(4,5)50(48)38-46/h9,11-38,58H,1,10H2,2-8H3/b26-11-,39-37+. The number of para-hydroxylation sites is 2. The first-order chi connectivity index (χ1) is 28.0. The van der Waals surface area contributed by atoms with E-state index in [1.807, 2.05) is 6.08 Å². The van der Waals surface area contributed by atoms with E-state index in [0.717, 1.165) is 34.9 Å². The first-order valence-electron chi connectivity index (χ1n) is 20.6. The molecule has 1 heterocycles. The lowest BCUT2D eigenvalue weighted by Gasteiger charge is -2.29. The molecular weight excluding hydrogens is 720 g/mol. The second kappa shape index (κ2) is 15.8. The highest BCUT2D eigenvalue weighted by Gasteiger charge is 2.36. The SMILES string of the molecule is C=C/C=C\C1=[PH](C)C(CC)=C(/C=C(\C)N(c2ccccc2)c2ccc(-c3ccc(N(c4ccccc4)c4ccc5c(c4)C(C)(C)c4ccccc4-5)cc3)cc2)C1(C)C. The molecule has 0 radical (unpaired) electrons. The Hall–Kier alpha value is -5.82. The molecule has 0 aromatic heterocycles. The van der Waals surface area contributed by atoms with E-state index in [2.05, 4.69) is 234 Å². The van der Waals surface area contributed by atoms with Crippen molar-refractivity contribution in [3.63, 3.8) is 0 Å². The summed E-state index contributed by atoms with van der Waals surface area (Å²) in [6.07, 6.45) is 9.85. The lowest BCUT2D eigenvalue weighted by Crippen LogP contribution is -2.22. The van der Waals surface area contributed by atoms with Gasteiger partial charge in [-0.25, -0.2) is 0 Å². The van der Waals surface area contributed by atoms with Gasteiger partial charge in [-0.2, -0.15) is 0 Å².